The number of nitrogens with zero attached hydrogens (tertiary/aromatic N) is 1. The second kappa shape index (κ2) is 6.50. The number of aromatic nitrogens is 1. The highest BCUT2D eigenvalue weighted by Crippen LogP contribution is 2.10. The normalized spacial score (nSPS) is 10.3. The van der Waals surface area contributed by atoms with E-state index in [1.807, 2.05) is 12.2 Å². The lowest BCUT2D eigenvalue weighted by molar-refractivity contribution is -0.131. The number of aliphatic carboxylic acids is 1. The van der Waals surface area contributed by atoms with Crippen molar-refractivity contribution in [3.63, 3.8) is 0 Å². The molecule has 7 nitrogen and oxygen atoms in total. The Morgan fingerprint density at radius 3 is 2.72 bits per heavy atom. The number of thiazole rings is 1. The summed E-state index contributed by atoms with van der Waals surface area (Å²) < 4.78 is 0. The molecule has 0 radical (unpaired) electrons. The number of carbonyl (C=O) groups excluding carboxylic acids is 2. The van der Waals surface area contributed by atoms with Gasteiger partial charge in [0.25, 0.3) is 5.91 Å². The Morgan fingerprint density at radius 1 is 1.44 bits per heavy atom. The van der Waals surface area contributed by atoms with Crippen LogP contribution in [0, 0.1) is 6.92 Å². The molecule has 0 bridgehead atoms. The maximum absolute atomic E-state index is 11.2. The van der Waals surface area contributed by atoms with Crippen molar-refractivity contribution in [2.24, 2.45) is 0 Å². The van der Waals surface area contributed by atoms with Crippen LogP contribution in [0.4, 0.5) is 4.79 Å². The standard InChI is InChI=1S/C10H11N3O4S/c1-6-11-4-7(18-6)5-12-10(17)13-8(14)2-3-9(15)16/h2-4H,5H2,1H3,(H,15,16)(H2,12,13,14,17)/b3-2+. The molecule has 0 saturated carbocycles. The minimum atomic E-state index is -1.26. The third-order valence-corrected chi connectivity index (χ3v) is 2.62. The van der Waals surface area contributed by atoms with Crippen LogP contribution in [-0.2, 0) is 16.1 Å². The van der Waals surface area contributed by atoms with Crippen molar-refractivity contribution in [3.05, 3.63) is 28.2 Å². The molecule has 0 aliphatic carbocycles. The van der Waals surface area contributed by atoms with Gasteiger partial charge in [-0.15, -0.1) is 11.3 Å². The Bertz CT molecular complexity index is 495. The lowest BCUT2D eigenvalue weighted by Crippen LogP contribution is -2.38. The summed E-state index contributed by atoms with van der Waals surface area (Å²) in [5.41, 5.74) is 0. The van der Waals surface area contributed by atoms with Crippen LogP contribution in [0.15, 0.2) is 18.3 Å². The number of aryl methyl sites for hydroxylation is 1. The first-order valence-corrected chi connectivity index (χ1v) is 5.70. The second-order valence-electron chi connectivity index (χ2n) is 3.19. The molecule has 1 aromatic heterocycles. The zero-order chi connectivity index (χ0) is 13.5. The minimum absolute atomic E-state index is 0.257. The van der Waals surface area contributed by atoms with Crippen molar-refractivity contribution in [1.29, 1.82) is 0 Å². The monoisotopic (exact) mass is 269 g/mol. The average Bonchev–Trinajstić information content (AvgIpc) is 2.70. The molecule has 3 N–H and O–H groups in total. The van der Waals surface area contributed by atoms with Crippen LogP contribution in [0.5, 0.6) is 0 Å². The highest BCUT2D eigenvalue weighted by molar-refractivity contribution is 7.11. The summed E-state index contributed by atoms with van der Waals surface area (Å²) in [6, 6.07) is -0.693. The van der Waals surface area contributed by atoms with Crippen LogP contribution in [0.3, 0.4) is 0 Å². The minimum Gasteiger partial charge on any atom is -0.478 e. The van der Waals surface area contributed by atoms with E-state index in [2.05, 4.69) is 10.3 Å². The molecule has 0 unspecified atom stereocenters. The number of amides is 3. The molecule has 0 saturated heterocycles. The topological polar surface area (TPSA) is 108 Å². The fraction of sp³-hybridized carbons (Fsp3) is 0.200. The van der Waals surface area contributed by atoms with Crippen LogP contribution >= 0.6 is 11.3 Å². The molecule has 96 valence electrons. The number of hydrogen-bond donors (Lipinski definition) is 3. The summed E-state index contributed by atoms with van der Waals surface area (Å²) in [5, 5.41) is 13.6. The molecule has 0 atom stereocenters. The van der Waals surface area contributed by atoms with Gasteiger partial charge in [-0.3, -0.25) is 10.1 Å². The first-order valence-electron chi connectivity index (χ1n) is 4.88. The van der Waals surface area contributed by atoms with Crippen LogP contribution in [0.1, 0.15) is 9.88 Å². The molecule has 3 amide bonds. The lowest BCUT2D eigenvalue weighted by atomic mass is 10.4. The van der Waals surface area contributed by atoms with Gasteiger partial charge in [0.1, 0.15) is 0 Å². The smallest absolute Gasteiger partial charge is 0.328 e. The van der Waals surface area contributed by atoms with Crippen molar-refractivity contribution in [2.45, 2.75) is 13.5 Å². The van der Waals surface area contributed by atoms with Crippen LogP contribution in [-0.4, -0.2) is 28.0 Å². The maximum atomic E-state index is 11.2. The van der Waals surface area contributed by atoms with E-state index in [4.69, 9.17) is 5.11 Å². The van der Waals surface area contributed by atoms with Crippen molar-refractivity contribution < 1.29 is 19.5 Å². The second-order valence-corrected chi connectivity index (χ2v) is 4.51. The third-order valence-electron chi connectivity index (χ3n) is 1.71. The lowest BCUT2D eigenvalue weighted by Gasteiger charge is -2.02. The van der Waals surface area contributed by atoms with Crippen LogP contribution in [0.25, 0.3) is 0 Å². The number of carboxylic acids is 1. The fourth-order valence-corrected chi connectivity index (χ4v) is 1.73. The average molecular weight is 269 g/mol. The van der Waals surface area contributed by atoms with E-state index >= 15 is 0 Å². The van der Waals surface area contributed by atoms with Gasteiger partial charge in [-0.25, -0.2) is 14.6 Å². The van der Waals surface area contributed by atoms with Gasteiger partial charge in [0.15, 0.2) is 0 Å². The van der Waals surface area contributed by atoms with Crippen molar-refractivity contribution >= 4 is 29.2 Å². The Labute approximate surface area is 107 Å². The molecule has 0 aliphatic heterocycles. The van der Waals surface area contributed by atoms with Gasteiger partial charge >= 0.3 is 12.0 Å². The summed E-state index contributed by atoms with van der Waals surface area (Å²) in [6.45, 7) is 2.10. The van der Waals surface area contributed by atoms with Crippen molar-refractivity contribution in [2.75, 3.05) is 0 Å². The molecular weight excluding hydrogens is 258 g/mol. The molecule has 0 aliphatic rings. The van der Waals surface area contributed by atoms with E-state index in [-0.39, 0.29) is 6.54 Å². The predicted octanol–water partition coefficient (Wildman–Crippen LogP) is 0.418. The number of carbonyl (C=O) groups is 3. The third kappa shape index (κ3) is 5.21. The number of rotatable bonds is 4. The summed E-state index contributed by atoms with van der Waals surface area (Å²) in [6.07, 6.45) is 3.04. The molecular formula is C10H11N3O4S. The molecule has 0 aromatic carbocycles. The van der Waals surface area contributed by atoms with Gasteiger partial charge in [0, 0.05) is 23.2 Å². The number of nitrogens with one attached hydrogen (secondary N) is 2. The maximum Gasteiger partial charge on any atom is 0.328 e. The Hall–Kier alpha value is -2.22. The van der Waals surface area contributed by atoms with E-state index < -0.39 is 17.9 Å². The summed E-state index contributed by atoms with van der Waals surface area (Å²) >= 11 is 1.43. The van der Waals surface area contributed by atoms with E-state index in [1.165, 1.54) is 11.3 Å². The molecule has 1 heterocycles. The van der Waals surface area contributed by atoms with Crippen molar-refractivity contribution in [1.82, 2.24) is 15.6 Å². The van der Waals surface area contributed by atoms with Crippen LogP contribution < -0.4 is 10.6 Å². The predicted molar refractivity (Wildman–Crippen MR) is 64.0 cm³/mol. The summed E-state index contributed by atoms with van der Waals surface area (Å²) in [4.78, 5) is 37.3. The molecule has 8 heteroatoms. The number of urea groups is 1. The summed E-state index contributed by atoms with van der Waals surface area (Å²) in [5.74, 6) is -2.05. The van der Waals surface area contributed by atoms with Crippen LogP contribution in [0.2, 0.25) is 0 Å². The highest BCUT2D eigenvalue weighted by Gasteiger charge is 2.05. The molecule has 0 spiro atoms. The van der Waals surface area contributed by atoms with Crippen molar-refractivity contribution in [3.8, 4) is 0 Å². The van der Waals surface area contributed by atoms with Gasteiger partial charge in [-0.05, 0) is 6.92 Å². The van der Waals surface area contributed by atoms with E-state index in [0.29, 0.717) is 6.08 Å². The Balaban J connectivity index is 2.33. The van der Waals surface area contributed by atoms with Gasteiger partial charge < -0.3 is 10.4 Å². The van der Waals surface area contributed by atoms with Gasteiger partial charge in [0.2, 0.25) is 0 Å². The quantitative estimate of drug-likeness (QED) is 0.686. The zero-order valence-corrected chi connectivity index (χ0v) is 10.3. The number of imide groups is 1. The highest BCUT2D eigenvalue weighted by atomic mass is 32.1. The zero-order valence-electron chi connectivity index (χ0n) is 9.47. The molecule has 18 heavy (non-hydrogen) atoms. The largest absolute Gasteiger partial charge is 0.478 e. The first kappa shape index (κ1) is 13.8. The van der Waals surface area contributed by atoms with Gasteiger partial charge in [0.05, 0.1) is 11.6 Å². The first-order chi connectivity index (χ1) is 8.47. The SMILES string of the molecule is Cc1ncc(CNC(=O)NC(=O)/C=C/C(=O)O)s1. The molecule has 0 fully saturated rings. The Kier molecular flexibility index (Phi) is 5.00. The van der Waals surface area contributed by atoms with Gasteiger partial charge in [-0.2, -0.15) is 0 Å². The van der Waals surface area contributed by atoms with E-state index in [0.717, 1.165) is 16.0 Å². The molecule has 1 aromatic rings. The number of carboxylic acid groups (broad SMARTS) is 1. The van der Waals surface area contributed by atoms with E-state index in [1.54, 1.807) is 6.20 Å². The van der Waals surface area contributed by atoms with E-state index in [9.17, 15) is 14.4 Å². The van der Waals surface area contributed by atoms with Gasteiger partial charge in [-0.1, -0.05) is 0 Å². The Morgan fingerprint density at radius 2 is 2.17 bits per heavy atom. The summed E-state index contributed by atoms with van der Waals surface area (Å²) in [7, 11) is 0. The number of hydrogen-bond acceptors (Lipinski definition) is 5. The fourth-order valence-electron chi connectivity index (χ4n) is 0.999. The molecule has 1 rings (SSSR count).